The minimum Gasteiger partial charge on any atom is 6.00 e. The third kappa shape index (κ3) is 167. The molecule has 106 valence electrons. The summed E-state index contributed by atoms with van der Waals surface area (Å²) in [6.07, 6.45) is 5.08. The van der Waals surface area contributed by atoms with Crippen LogP contribution in [0.1, 0.15) is 39.5 Å². The van der Waals surface area contributed by atoms with Gasteiger partial charge in [0.15, 0.2) is 0 Å². The molecule has 0 bridgehead atoms. The van der Waals surface area contributed by atoms with Crippen molar-refractivity contribution in [1.29, 1.82) is 0 Å². The number of hydrogen-bond donors (Lipinski definition) is 0. The molecule has 0 aliphatic rings. The van der Waals surface area contributed by atoms with Gasteiger partial charge in [0.2, 0.25) is 0 Å². The molecule has 0 atom stereocenters. The van der Waals surface area contributed by atoms with Crippen LogP contribution in [0.15, 0.2) is 0 Å². The zero-order valence-corrected chi connectivity index (χ0v) is 12.9. The molecule has 7 heteroatoms. The van der Waals surface area contributed by atoms with Crippen LogP contribution in [0.3, 0.4) is 0 Å². The van der Waals surface area contributed by atoms with E-state index in [0.29, 0.717) is 0 Å². The maximum absolute atomic E-state index is 7.50. The molecule has 0 saturated carbocycles. The summed E-state index contributed by atoms with van der Waals surface area (Å²) in [5.74, 6) is 0. The van der Waals surface area contributed by atoms with Crippen molar-refractivity contribution in [3.63, 3.8) is 0 Å². The molecule has 0 spiro atoms. The third-order valence-corrected chi connectivity index (χ3v) is 1.34. The van der Waals surface area contributed by atoms with Gasteiger partial charge in [0.05, 0.1) is 0 Å². The molecular formula is C13H18CrNO5+5. The first kappa shape index (κ1) is 42.7. The molecule has 0 amide bonds. The predicted molar refractivity (Wildman–Crippen MR) is 62.6 cm³/mol. The van der Waals surface area contributed by atoms with Gasteiger partial charge in [0.1, 0.15) is 0 Å². The van der Waals surface area contributed by atoms with E-state index >= 15 is 0 Å². The second kappa shape index (κ2) is 140. The smallest absolute Gasteiger partial charge is 6.00 e. The maximum atomic E-state index is 7.50. The van der Waals surface area contributed by atoms with Crippen molar-refractivity contribution < 1.29 is 40.6 Å². The van der Waals surface area contributed by atoms with Gasteiger partial charge in [-0.3, -0.25) is 0 Å². The second-order valence-corrected chi connectivity index (χ2v) is 2.38. The van der Waals surface area contributed by atoms with E-state index in [9.17, 15) is 0 Å². The maximum Gasteiger partial charge on any atom is 6.00 e. The van der Waals surface area contributed by atoms with Crippen molar-refractivity contribution in [3.05, 3.63) is 38.6 Å². The molecule has 0 N–H and O–H groups in total. The SMILES string of the molecule is CCCC[N-]CCCC.[C-]#[O+].[C-]#[O+].[C-]#[O+].[C-]#[O+].[C-]#[O+].[Cr+6]. The van der Waals surface area contributed by atoms with Gasteiger partial charge in [0, 0.05) is 0 Å². The zero-order valence-electron chi connectivity index (χ0n) is 11.6. The van der Waals surface area contributed by atoms with E-state index in [2.05, 4.69) is 52.4 Å². The average Bonchev–Trinajstić information content (AvgIpc) is 2.57. The van der Waals surface area contributed by atoms with Gasteiger partial charge in [-0.2, -0.15) is 0 Å². The molecule has 0 unspecified atom stereocenters. The zero-order chi connectivity index (χ0) is 16.9. The van der Waals surface area contributed by atoms with E-state index in [1.807, 2.05) is 0 Å². The minimum atomic E-state index is 0. The van der Waals surface area contributed by atoms with Crippen molar-refractivity contribution in [2.24, 2.45) is 0 Å². The fraction of sp³-hybridized carbons (Fsp3) is 0.615. The van der Waals surface area contributed by atoms with E-state index in [0.717, 1.165) is 13.1 Å². The Morgan fingerprint density at radius 1 is 0.600 bits per heavy atom. The summed E-state index contributed by atoms with van der Waals surface area (Å²) in [6.45, 7) is 29.1. The van der Waals surface area contributed by atoms with Crippen LogP contribution in [0.25, 0.3) is 5.32 Å². The average molecular weight is 320 g/mol. The number of nitrogens with zero attached hydrogens (tertiary/aromatic N) is 1. The summed E-state index contributed by atoms with van der Waals surface area (Å²) in [7, 11) is 0. The van der Waals surface area contributed by atoms with Crippen LogP contribution in [0.2, 0.25) is 0 Å². The van der Waals surface area contributed by atoms with Gasteiger partial charge in [-0.1, -0.05) is 39.5 Å². The molecule has 0 aromatic carbocycles. The number of unbranched alkanes of at least 4 members (excludes halogenated alkanes) is 2. The Kier molecular flexibility index (Phi) is 300. The largest absolute Gasteiger partial charge is 6.00 e. The summed E-state index contributed by atoms with van der Waals surface area (Å²) < 4.78 is 37.5. The molecule has 0 heterocycles. The second-order valence-electron chi connectivity index (χ2n) is 2.38. The quantitative estimate of drug-likeness (QED) is 0.407. The van der Waals surface area contributed by atoms with Crippen LogP contribution < -0.4 is 0 Å². The normalized spacial score (nSPS) is 5.00. The van der Waals surface area contributed by atoms with Crippen molar-refractivity contribution in [3.8, 4) is 0 Å². The van der Waals surface area contributed by atoms with Crippen LogP contribution in [-0.4, -0.2) is 13.1 Å². The summed E-state index contributed by atoms with van der Waals surface area (Å²) >= 11 is 0. The Morgan fingerprint density at radius 3 is 0.950 bits per heavy atom. The fourth-order valence-corrected chi connectivity index (χ4v) is 0.652. The standard InChI is InChI=1S/C8H18N.5CO.Cr/c1-3-5-7-9-8-6-4-2;5*1-2;/h3-8H2,1-2H3;;;;;;/q-1;;;;;;+6. The molecule has 0 aromatic heterocycles. The van der Waals surface area contributed by atoms with Crippen LogP contribution in [0, 0.1) is 33.3 Å². The monoisotopic (exact) mass is 320 g/mol. The van der Waals surface area contributed by atoms with Crippen molar-refractivity contribution in [2.45, 2.75) is 39.5 Å². The minimum absolute atomic E-state index is 0. The summed E-state index contributed by atoms with van der Waals surface area (Å²) in [4.78, 5) is 0. The number of hydrogen-bond acceptors (Lipinski definition) is 0. The van der Waals surface area contributed by atoms with Crippen molar-refractivity contribution >= 4 is 0 Å². The van der Waals surface area contributed by atoms with E-state index < -0.39 is 0 Å². The molecular weight excluding hydrogens is 302 g/mol. The Labute approximate surface area is 132 Å². The first-order chi connectivity index (χ1) is 9.41. The van der Waals surface area contributed by atoms with E-state index in [1.165, 1.54) is 25.7 Å². The molecule has 0 aromatic rings. The van der Waals surface area contributed by atoms with Crippen LogP contribution in [0.4, 0.5) is 0 Å². The molecule has 0 aliphatic heterocycles. The summed E-state index contributed by atoms with van der Waals surface area (Å²) in [6, 6.07) is 0. The third-order valence-electron chi connectivity index (χ3n) is 1.34. The number of rotatable bonds is 6. The van der Waals surface area contributed by atoms with Crippen LogP contribution in [0.5, 0.6) is 0 Å². The molecule has 0 radical (unpaired) electrons. The van der Waals surface area contributed by atoms with Gasteiger partial charge < -0.3 is 5.32 Å². The molecule has 6 nitrogen and oxygen atoms in total. The molecule has 0 rings (SSSR count). The van der Waals surface area contributed by atoms with E-state index in [-0.39, 0.29) is 17.4 Å². The van der Waals surface area contributed by atoms with Crippen molar-refractivity contribution in [1.82, 2.24) is 0 Å². The Hall–Kier alpha value is -0.808. The molecule has 0 aliphatic carbocycles. The van der Waals surface area contributed by atoms with Crippen LogP contribution in [-0.2, 0) is 40.6 Å². The first-order valence-corrected chi connectivity index (χ1v) is 5.07. The van der Waals surface area contributed by atoms with Gasteiger partial charge >= 0.3 is 73.9 Å². The predicted octanol–water partition coefficient (Wildman–Crippen LogP) is 2.77. The Bertz CT molecular complexity index is 158. The summed E-state index contributed by atoms with van der Waals surface area (Å²) in [5.41, 5.74) is 0. The Morgan fingerprint density at radius 2 is 0.800 bits per heavy atom. The van der Waals surface area contributed by atoms with E-state index in [1.54, 1.807) is 0 Å². The van der Waals surface area contributed by atoms with E-state index in [4.69, 9.17) is 23.3 Å². The van der Waals surface area contributed by atoms with Crippen LogP contribution >= 0.6 is 0 Å². The van der Waals surface area contributed by atoms with Gasteiger partial charge in [-0.05, 0) is 0 Å². The van der Waals surface area contributed by atoms with Gasteiger partial charge in [-0.25, -0.2) is 0 Å². The topological polar surface area (TPSA) is 114 Å². The van der Waals surface area contributed by atoms with Gasteiger partial charge in [0.25, 0.3) is 0 Å². The molecule has 0 saturated heterocycles. The Balaban J connectivity index is -0.0000000261. The fourth-order valence-electron chi connectivity index (χ4n) is 0.652. The summed E-state index contributed by atoms with van der Waals surface area (Å²) in [5, 5.41) is 4.35. The van der Waals surface area contributed by atoms with Crippen molar-refractivity contribution in [2.75, 3.05) is 13.1 Å². The first-order valence-electron chi connectivity index (χ1n) is 5.07. The molecule has 0 fully saturated rings. The van der Waals surface area contributed by atoms with Gasteiger partial charge in [-0.15, -0.1) is 13.1 Å². The molecule has 20 heavy (non-hydrogen) atoms.